The van der Waals surface area contributed by atoms with E-state index in [9.17, 15) is 0 Å². The molecule has 0 aromatic heterocycles. The highest BCUT2D eigenvalue weighted by atomic mass is 127. The summed E-state index contributed by atoms with van der Waals surface area (Å²) in [5.41, 5.74) is 5.34. The average molecular weight is 473 g/mol. The van der Waals surface area contributed by atoms with Gasteiger partial charge in [-0.1, -0.05) is 17.7 Å². The number of aryl methyl sites for hydroxylation is 3. The Morgan fingerprint density at radius 1 is 1.15 bits per heavy atom. The Kier molecular flexibility index (Phi) is 8.16. The number of halogens is 1. The van der Waals surface area contributed by atoms with Crippen molar-refractivity contribution in [1.29, 1.82) is 0 Å². The van der Waals surface area contributed by atoms with Crippen LogP contribution in [0.2, 0.25) is 0 Å². The number of rotatable bonds is 3. The number of hydrogen-bond acceptors (Lipinski definition) is 3. The Morgan fingerprint density at radius 3 is 2.46 bits per heavy atom. The van der Waals surface area contributed by atoms with Crippen molar-refractivity contribution in [1.82, 2.24) is 10.2 Å². The molecule has 6 heteroatoms. The predicted octanol–water partition coefficient (Wildman–Crippen LogP) is 3.19. The van der Waals surface area contributed by atoms with Gasteiger partial charge in [0.2, 0.25) is 0 Å². The van der Waals surface area contributed by atoms with Gasteiger partial charge in [0, 0.05) is 33.3 Å². The molecule has 0 saturated carbocycles. The summed E-state index contributed by atoms with van der Waals surface area (Å²) in [4.78, 5) is 6.80. The van der Waals surface area contributed by atoms with Crippen LogP contribution in [0.4, 0.5) is 0 Å². The van der Waals surface area contributed by atoms with Crippen molar-refractivity contribution in [3.8, 4) is 0 Å². The Labute approximate surface area is 174 Å². The molecule has 2 aliphatic heterocycles. The maximum Gasteiger partial charge on any atom is 0.194 e. The van der Waals surface area contributed by atoms with Crippen molar-refractivity contribution in [2.45, 2.75) is 52.4 Å². The van der Waals surface area contributed by atoms with E-state index in [-0.39, 0.29) is 36.2 Å². The molecule has 1 aromatic carbocycles. The van der Waals surface area contributed by atoms with Gasteiger partial charge in [-0.2, -0.15) is 0 Å². The topological polar surface area (TPSA) is 46.1 Å². The first kappa shape index (κ1) is 21.4. The van der Waals surface area contributed by atoms with Crippen LogP contribution in [-0.4, -0.2) is 56.4 Å². The number of morpholine rings is 1. The van der Waals surface area contributed by atoms with E-state index in [1.807, 2.05) is 7.05 Å². The van der Waals surface area contributed by atoms with Gasteiger partial charge in [-0.05, 0) is 50.3 Å². The smallest absolute Gasteiger partial charge is 0.194 e. The molecule has 2 unspecified atom stereocenters. The number of guanidine groups is 1. The van der Waals surface area contributed by atoms with Crippen molar-refractivity contribution < 1.29 is 9.47 Å². The molecule has 5 nitrogen and oxygen atoms in total. The van der Waals surface area contributed by atoms with E-state index in [1.54, 1.807) is 0 Å². The molecular weight excluding hydrogens is 441 g/mol. The van der Waals surface area contributed by atoms with Crippen LogP contribution in [0.25, 0.3) is 0 Å². The third-order valence-corrected chi connectivity index (χ3v) is 5.25. The molecule has 1 aromatic rings. The van der Waals surface area contributed by atoms with Crippen molar-refractivity contribution >= 4 is 29.9 Å². The minimum Gasteiger partial charge on any atom is -0.375 e. The summed E-state index contributed by atoms with van der Waals surface area (Å²) in [6.45, 7) is 10.6. The van der Waals surface area contributed by atoms with Gasteiger partial charge >= 0.3 is 0 Å². The highest BCUT2D eigenvalue weighted by Gasteiger charge is 2.32. The second-order valence-electron chi connectivity index (χ2n) is 7.18. The molecule has 2 atom stereocenters. The first-order chi connectivity index (χ1) is 12.1. The molecule has 26 heavy (non-hydrogen) atoms. The second-order valence-corrected chi connectivity index (χ2v) is 7.18. The summed E-state index contributed by atoms with van der Waals surface area (Å²) in [6, 6.07) is 4.49. The summed E-state index contributed by atoms with van der Waals surface area (Å²) >= 11 is 0. The summed E-state index contributed by atoms with van der Waals surface area (Å²) < 4.78 is 11.8. The monoisotopic (exact) mass is 473 g/mol. The lowest BCUT2D eigenvalue weighted by Crippen LogP contribution is -2.53. The molecule has 0 amide bonds. The third-order valence-electron chi connectivity index (χ3n) is 5.25. The van der Waals surface area contributed by atoms with E-state index in [2.05, 4.69) is 48.1 Å². The van der Waals surface area contributed by atoms with Gasteiger partial charge in [0.05, 0.1) is 12.7 Å². The highest BCUT2D eigenvalue weighted by molar-refractivity contribution is 14.0. The summed E-state index contributed by atoms with van der Waals surface area (Å²) in [6.07, 6.45) is 2.63. The molecular formula is C20H32IN3O2. The van der Waals surface area contributed by atoms with Crippen LogP contribution >= 0.6 is 24.0 Å². The molecule has 2 saturated heterocycles. The third kappa shape index (κ3) is 5.10. The van der Waals surface area contributed by atoms with Crippen molar-refractivity contribution in [2.75, 3.05) is 33.4 Å². The largest absolute Gasteiger partial charge is 0.375 e. The molecule has 2 heterocycles. The van der Waals surface area contributed by atoms with Crippen LogP contribution in [0, 0.1) is 20.8 Å². The van der Waals surface area contributed by atoms with Crippen molar-refractivity contribution in [3.05, 3.63) is 34.4 Å². The van der Waals surface area contributed by atoms with E-state index < -0.39 is 0 Å². The Morgan fingerprint density at radius 2 is 1.85 bits per heavy atom. The lowest BCUT2D eigenvalue weighted by atomic mass is 10.00. The van der Waals surface area contributed by atoms with E-state index in [4.69, 9.17) is 9.47 Å². The van der Waals surface area contributed by atoms with Crippen LogP contribution in [0.3, 0.4) is 0 Å². The quantitative estimate of drug-likeness (QED) is 0.416. The molecule has 2 fully saturated rings. The maximum atomic E-state index is 5.95. The van der Waals surface area contributed by atoms with Crippen molar-refractivity contribution in [2.24, 2.45) is 4.99 Å². The van der Waals surface area contributed by atoms with Crippen LogP contribution in [0.15, 0.2) is 17.1 Å². The van der Waals surface area contributed by atoms with Crippen LogP contribution in [0.5, 0.6) is 0 Å². The van der Waals surface area contributed by atoms with E-state index in [0.29, 0.717) is 0 Å². The van der Waals surface area contributed by atoms with E-state index in [1.165, 1.54) is 22.3 Å². The van der Waals surface area contributed by atoms with Gasteiger partial charge in [0.25, 0.3) is 0 Å². The highest BCUT2D eigenvalue weighted by Crippen LogP contribution is 2.21. The number of nitrogens with zero attached hydrogens (tertiary/aromatic N) is 2. The molecule has 0 bridgehead atoms. The fourth-order valence-electron chi connectivity index (χ4n) is 3.98. The number of nitrogens with one attached hydrogen (secondary N) is 1. The molecule has 3 rings (SSSR count). The van der Waals surface area contributed by atoms with Crippen LogP contribution in [0.1, 0.15) is 35.1 Å². The average Bonchev–Trinajstić information content (AvgIpc) is 3.12. The summed E-state index contributed by atoms with van der Waals surface area (Å²) in [5, 5.41) is 3.55. The number of hydrogen-bond donors (Lipinski definition) is 1. The maximum absolute atomic E-state index is 5.95. The molecule has 2 aliphatic rings. The van der Waals surface area contributed by atoms with Crippen LogP contribution < -0.4 is 5.32 Å². The van der Waals surface area contributed by atoms with E-state index >= 15 is 0 Å². The number of ether oxygens (including phenoxy) is 2. The predicted molar refractivity (Wildman–Crippen MR) is 117 cm³/mol. The van der Waals surface area contributed by atoms with Gasteiger partial charge in [0.1, 0.15) is 6.10 Å². The number of aliphatic imine (C=N–C) groups is 1. The minimum absolute atomic E-state index is 0. The normalized spacial score (nSPS) is 23.7. The van der Waals surface area contributed by atoms with Gasteiger partial charge in [-0.25, -0.2) is 0 Å². The molecule has 0 radical (unpaired) electrons. The van der Waals surface area contributed by atoms with E-state index in [0.717, 1.165) is 51.6 Å². The SMILES string of the molecule is CN=C(NCc1c(C)cc(C)cc1C)N1CCOC(C2CCCO2)C1.I. The van der Waals surface area contributed by atoms with Gasteiger partial charge in [0.15, 0.2) is 5.96 Å². The Balaban J connectivity index is 0.00000243. The van der Waals surface area contributed by atoms with Crippen molar-refractivity contribution in [3.63, 3.8) is 0 Å². The summed E-state index contributed by atoms with van der Waals surface area (Å²) in [5.74, 6) is 0.950. The first-order valence-electron chi connectivity index (χ1n) is 9.34. The van der Waals surface area contributed by atoms with Gasteiger partial charge in [-0.15, -0.1) is 24.0 Å². The number of benzene rings is 1. The standard InChI is InChI=1S/C20H31N3O2.HI/c1-14-10-15(2)17(16(3)11-14)12-22-20(21-4)23-7-9-25-19(13-23)18-6-5-8-24-18;/h10-11,18-19H,5-9,12-13H2,1-4H3,(H,21,22);1H. The summed E-state index contributed by atoms with van der Waals surface area (Å²) in [7, 11) is 1.85. The molecule has 1 N–H and O–H groups in total. The first-order valence-corrected chi connectivity index (χ1v) is 9.34. The van der Waals surface area contributed by atoms with Gasteiger partial charge in [-0.3, -0.25) is 4.99 Å². The zero-order chi connectivity index (χ0) is 17.8. The second kappa shape index (κ2) is 9.90. The lowest BCUT2D eigenvalue weighted by molar-refractivity contribution is -0.0817. The fraction of sp³-hybridized carbons (Fsp3) is 0.650. The Hall–Kier alpha value is -0.860. The van der Waals surface area contributed by atoms with Gasteiger partial charge < -0.3 is 19.7 Å². The minimum atomic E-state index is 0. The zero-order valence-electron chi connectivity index (χ0n) is 16.4. The fourth-order valence-corrected chi connectivity index (χ4v) is 3.98. The molecule has 146 valence electrons. The lowest BCUT2D eigenvalue weighted by Gasteiger charge is -2.37. The molecule has 0 spiro atoms. The Bertz CT molecular complexity index is 606. The van der Waals surface area contributed by atoms with Crippen LogP contribution in [-0.2, 0) is 16.0 Å². The molecule has 0 aliphatic carbocycles. The zero-order valence-corrected chi connectivity index (χ0v) is 18.7.